The number of furan rings is 1. The molecule has 0 radical (unpaired) electrons. The van der Waals surface area contributed by atoms with Crippen molar-refractivity contribution in [3.05, 3.63) is 54.2 Å². The number of nitrogens with zero attached hydrogens (tertiary/aromatic N) is 1. The molecule has 0 spiro atoms. The molecule has 1 aromatic carbocycles. The highest BCUT2D eigenvalue weighted by molar-refractivity contribution is 7.89. The Morgan fingerprint density at radius 1 is 1.12 bits per heavy atom. The molecule has 1 unspecified atom stereocenters. The Morgan fingerprint density at radius 3 is 2.54 bits per heavy atom. The fourth-order valence-electron chi connectivity index (χ4n) is 3.05. The molecule has 2 heterocycles. The standard InChI is InChI=1S/C17H21FN2O3S/c18-14-7-2-3-9-17(14)24(21,22)19-13-15(16-8-6-12-23-16)20-10-4-1-5-11-20/h2-3,6-9,12,15,19H,1,4-5,10-11,13H2. The number of halogens is 1. The van der Waals surface area contributed by atoms with E-state index in [2.05, 4.69) is 9.62 Å². The maximum absolute atomic E-state index is 13.8. The van der Waals surface area contributed by atoms with Crippen molar-refractivity contribution in [3.8, 4) is 0 Å². The zero-order valence-electron chi connectivity index (χ0n) is 13.3. The minimum absolute atomic E-state index is 0.143. The fraction of sp³-hybridized carbons (Fsp3) is 0.412. The average Bonchev–Trinajstić information content (AvgIpc) is 3.10. The summed E-state index contributed by atoms with van der Waals surface area (Å²) in [5.41, 5.74) is 0. The molecule has 1 aliphatic heterocycles. The quantitative estimate of drug-likeness (QED) is 0.868. The SMILES string of the molecule is O=S(=O)(NCC(c1ccco1)N1CCCCC1)c1ccccc1F. The van der Waals surface area contributed by atoms with Crippen LogP contribution in [0.1, 0.15) is 31.1 Å². The van der Waals surface area contributed by atoms with Crippen LogP contribution < -0.4 is 4.72 Å². The third kappa shape index (κ3) is 3.85. The first kappa shape index (κ1) is 17.1. The molecular weight excluding hydrogens is 331 g/mol. The van der Waals surface area contributed by atoms with E-state index in [1.54, 1.807) is 12.3 Å². The highest BCUT2D eigenvalue weighted by Gasteiger charge is 2.27. The van der Waals surface area contributed by atoms with E-state index in [0.29, 0.717) is 5.76 Å². The van der Waals surface area contributed by atoms with Gasteiger partial charge >= 0.3 is 0 Å². The third-order valence-electron chi connectivity index (χ3n) is 4.30. The molecule has 1 aromatic heterocycles. The van der Waals surface area contributed by atoms with Crippen LogP contribution in [0.4, 0.5) is 4.39 Å². The topological polar surface area (TPSA) is 62.6 Å². The number of nitrogens with one attached hydrogen (secondary N) is 1. The minimum atomic E-state index is -3.91. The molecule has 1 saturated heterocycles. The van der Waals surface area contributed by atoms with Crippen LogP contribution in [0.15, 0.2) is 52.0 Å². The Hall–Kier alpha value is -1.70. The first-order chi connectivity index (χ1) is 11.6. The zero-order chi connectivity index (χ0) is 17.0. The number of rotatable bonds is 6. The van der Waals surface area contributed by atoms with Crippen LogP contribution in [0.5, 0.6) is 0 Å². The van der Waals surface area contributed by atoms with Gasteiger partial charge in [-0.25, -0.2) is 17.5 Å². The molecule has 1 N–H and O–H groups in total. The Kier molecular flexibility index (Phi) is 5.33. The normalized spacial score (nSPS) is 17.7. The van der Waals surface area contributed by atoms with Crippen molar-refractivity contribution in [2.24, 2.45) is 0 Å². The Bertz CT molecular complexity index is 756. The van der Waals surface area contributed by atoms with Crippen LogP contribution >= 0.6 is 0 Å². The molecule has 130 valence electrons. The lowest BCUT2D eigenvalue weighted by Crippen LogP contribution is -2.40. The second-order valence-electron chi connectivity index (χ2n) is 5.91. The summed E-state index contributed by atoms with van der Waals surface area (Å²) in [7, 11) is -3.91. The summed E-state index contributed by atoms with van der Waals surface area (Å²) in [4.78, 5) is 1.88. The number of benzene rings is 1. The number of likely N-dealkylation sites (tertiary alicyclic amines) is 1. The van der Waals surface area contributed by atoms with Gasteiger partial charge < -0.3 is 4.42 Å². The number of hydrogen-bond acceptors (Lipinski definition) is 4. The van der Waals surface area contributed by atoms with Gasteiger partial charge in [0.25, 0.3) is 0 Å². The average molecular weight is 352 g/mol. The van der Waals surface area contributed by atoms with Crippen molar-refractivity contribution < 1.29 is 17.2 Å². The van der Waals surface area contributed by atoms with Crippen molar-refractivity contribution in [2.75, 3.05) is 19.6 Å². The highest BCUT2D eigenvalue weighted by atomic mass is 32.2. The monoisotopic (exact) mass is 352 g/mol. The molecule has 5 nitrogen and oxygen atoms in total. The first-order valence-electron chi connectivity index (χ1n) is 8.09. The molecule has 0 amide bonds. The molecule has 24 heavy (non-hydrogen) atoms. The van der Waals surface area contributed by atoms with E-state index in [0.717, 1.165) is 32.0 Å². The Labute approximate surface area is 141 Å². The van der Waals surface area contributed by atoms with Gasteiger partial charge in [0.15, 0.2) is 0 Å². The Morgan fingerprint density at radius 2 is 1.88 bits per heavy atom. The largest absolute Gasteiger partial charge is 0.468 e. The van der Waals surface area contributed by atoms with Crippen LogP contribution in [0.2, 0.25) is 0 Å². The second-order valence-corrected chi connectivity index (χ2v) is 7.65. The van der Waals surface area contributed by atoms with Gasteiger partial charge in [-0.1, -0.05) is 18.6 Å². The van der Waals surface area contributed by atoms with E-state index in [1.165, 1.54) is 24.6 Å². The maximum Gasteiger partial charge on any atom is 0.243 e. The van der Waals surface area contributed by atoms with Crippen LogP contribution in [-0.4, -0.2) is 33.0 Å². The number of hydrogen-bond donors (Lipinski definition) is 1. The van der Waals surface area contributed by atoms with Gasteiger partial charge in [0.2, 0.25) is 10.0 Å². The van der Waals surface area contributed by atoms with Gasteiger partial charge in [-0.3, -0.25) is 4.90 Å². The lowest BCUT2D eigenvalue weighted by molar-refractivity contribution is 0.147. The van der Waals surface area contributed by atoms with Crippen LogP contribution in [0, 0.1) is 5.82 Å². The summed E-state index contributed by atoms with van der Waals surface area (Å²) >= 11 is 0. The van der Waals surface area contributed by atoms with E-state index in [-0.39, 0.29) is 17.5 Å². The molecule has 3 rings (SSSR count). The van der Waals surface area contributed by atoms with E-state index in [9.17, 15) is 12.8 Å². The summed E-state index contributed by atoms with van der Waals surface area (Å²) in [6.45, 7) is 1.93. The lowest BCUT2D eigenvalue weighted by Gasteiger charge is -2.33. The molecule has 1 atom stereocenters. The van der Waals surface area contributed by atoms with E-state index in [1.807, 2.05) is 6.07 Å². The van der Waals surface area contributed by atoms with Crippen molar-refractivity contribution >= 4 is 10.0 Å². The van der Waals surface area contributed by atoms with Crippen LogP contribution in [-0.2, 0) is 10.0 Å². The van der Waals surface area contributed by atoms with E-state index >= 15 is 0 Å². The van der Waals surface area contributed by atoms with E-state index in [4.69, 9.17) is 4.42 Å². The van der Waals surface area contributed by atoms with Crippen molar-refractivity contribution in [1.29, 1.82) is 0 Å². The molecule has 0 bridgehead atoms. The smallest absolute Gasteiger partial charge is 0.243 e. The number of piperidine rings is 1. The van der Waals surface area contributed by atoms with Gasteiger partial charge in [0.1, 0.15) is 16.5 Å². The molecular formula is C17H21FN2O3S. The molecule has 0 aliphatic carbocycles. The Balaban J connectivity index is 1.77. The van der Waals surface area contributed by atoms with Crippen LogP contribution in [0.25, 0.3) is 0 Å². The third-order valence-corrected chi connectivity index (χ3v) is 5.75. The van der Waals surface area contributed by atoms with Crippen molar-refractivity contribution in [3.63, 3.8) is 0 Å². The van der Waals surface area contributed by atoms with Crippen molar-refractivity contribution in [1.82, 2.24) is 9.62 Å². The summed E-state index contributed by atoms with van der Waals surface area (Å²) in [5.74, 6) is -0.0364. The van der Waals surface area contributed by atoms with Gasteiger partial charge in [0, 0.05) is 6.54 Å². The lowest BCUT2D eigenvalue weighted by atomic mass is 10.1. The second kappa shape index (κ2) is 7.46. The summed E-state index contributed by atoms with van der Waals surface area (Å²) in [6, 6.07) is 8.82. The molecule has 1 aliphatic rings. The molecule has 1 fully saturated rings. The zero-order valence-corrected chi connectivity index (χ0v) is 14.1. The van der Waals surface area contributed by atoms with E-state index < -0.39 is 15.8 Å². The molecule has 7 heteroatoms. The summed E-state index contributed by atoms with van der Waals surface area (Å²) < 4.78 is 46.6. The summed E-state index contributed by atoms with van der Waals surface area (Å²) in [5, 5.41) is 0. The highest BCUT2D eigenvalue weighted by Crippen LogP contribution is 2.25. The van der Waals surface area contributed by atoms with Crippen molar-refractivity contribution in [2.45, 2.75) is 30.2 Å². The fourth-order valence-corrected chi connectivity index (χ4v) is 4.16. The molecule has 2 aromatic rings. The summed E-state index contributed by atoms with van der Waals surface area (Å²) in [6.07, 6.45) is 4.93. The first-order valence-corrected chi connectivity index (χ1v) is 9.58. The van der Waals surface area contributed by atoms with Gasteiger partial charge in [-0.05, 0) is 50.2 Å². The minimum Gasteiger partial charge on any atom is -0.468 e. The predicted molar refractivity (Wildman–Crippen MR) is 88.5 cm³/mol. The van der Waals surface area contributed by atoms with Gasteiger partial charge in [-0.15, -0.1) is 0 Å². The number of sulfonamides is 1. The van der Waals surface area contributed by atoms with Gasteiger partial charge in [-0.2, -0.15) is 0 Å². The maximum atomic E-state index is 13.8. The van der Waals surface area contributed by atoms with Gasteiger partial charge in [0.05, 0.1) is 12.3 Å². The van der Waals surface area contributed by atoms with Crippen LogP contribution in [0.3, 0.4) is 0 Å². The molecule has 0 saturated carbocycles. The predicted octanol–water partition coefficient (Wildman–Crippen LogP) is 2.92.